The normalized spacial score (nSPS) is 13.3. The molecule has 2 aromatic rings. The quantitative estimate of drug-likeness (QED) is 0.936. The van der Waals surface area contributed by atoms with E-state index in [1.165, 1.54) is 11.1 Å². The number of rotatable bonds is 4. The Bertz CT molecular complexity index is 650. The highest BCUT2D eigenvalue weighted by atomic mass is 16.5. The zero-order chi connectivity index (χ0) is 14.8. The summed E-state index contributed by atoms with van der Waals surface area (Å²) in [5.74, 6) is 0.979. The molecular weight excluding hydrogens is 262 g/mol. The minimum Gasteiger partial charge on any atom is -0.492 e. The van der Waals surface area contributed by atoms with Crippen LogP contribution in [0, 0.1) is 0 Å². The lowest BCUT2D eigenvalue weighted by atomic mass is 9.95. The smallest absolute Gasteiger partial charge is 0.130 e. The number of nitrogens with zero attached hydrogens (tertiary/aromatic N) is 1. The van der Waals surface area contributed by atoms with Crippen molar-refractivity contribution < 1.29 is 9.84 Å². The fraction of sp³-hybridized carbons (Fsp3) is 0.333. The molecule has 0 fully saturated rings. The number of fused-ring (bicyclic) bond motifs is 1. The standard InChI is InChI=1S/C18H21NO2/c1-19(2)11-13-6-7-16(15(10-13)12-20)17-5-3-4-14-8-9-21-18(14)17/h3-7,10,20H,8-9,11-12H2,1-2H3. The number of ether oxygens (including phenoxy) is 1. The van der Waals surface area contributed by atoms with Crippen molar-refractivity contribution in [2.75, 3.05) is 20.7 Å². The second-order valence-corrected chi connectivity index (χ2v) is 5.78. The Morgan fingerprint density at radius 3 is 2.76 bits per heavy atom. The summed E-state index contributed by atoms with van der Waals surface area (Å²) in [7, 11) is 4.09. The van der Waals surface area contributed by atoms with E-state index >= 15 is 0 Å². The van der Waals surface area contributed by atoms with Gasteiger partial charge < -0.3 is 14.7 Å². The first-order valence-electron chi connectivity index (χ1n) is 7.31. The van der Waals surface area contributed by atoms with Gasteiger partial charge in [-0.1, -0.05) is 36.4 Å². The van der Waals surface area contributed by atoms with Gasteiger partial charge in [-0.15, -0.1) is 0 Å². The van der Waals surface area contributed by atoms with Gasteiger partial charge in [-0.3, -0.25) is 0 Å². The van der Waals surface area contributed by atoms with E-state index in [4.69, 9.17) is 4.74 Å². The van der Waals surface area contributed by atoms with Crippen LogP contribution in [0.25, 0.3) is 11.1 Å². The fourth-order valence-corrected chi connectivity index (χ4v) is 2.93. The maximum Gasteiger partial charge on any atom is 0.130 e. The zero-order valence-electron chi connectivity index (χ0n) is 12.6. The summed E-state index contributed by atoms with van der Waals surface area (Å²) in [6, 6.07) is 12.6. The molecule has 0 spiro atoms. The Balaban J connectivity index is 2.05. The highest BCUT2D eigenvalue weighted by molar-refractivity contribution is 5.75. The Kier molecular flexibility index (Phi) is 3.95. The molecule has 1 aliphatic rings. The van der Waals surface area contributed by atoms with Crippen molar-refractivity contribution in [2.45, 2.75) is 19.6 Å². The lowest BCUT2D eigenvalue weighted by Gasteiger charge is -2.15. The molecule has 21 heavy (non-hydrogen) atoms. The van der Waals surface area contributed by atoms with Gasteiger partial charge in [-0.2, -0.15) is 0 Å². The van der Waals surface area contributed by atoms with Gasteiger partial charge in [0.25, 0.3) is 0 Å². The molecule has 3 rings (SSSR count). The first kappa shape index (κ1) is 14.1. The van der Waals surface area contributed by atoms with Crippen molar-refractivity contribution in [1.82, 2.24) is 4.90 Å². The Morgan fingerprint density at radius 1 is 1.14 bits per heavy atom. The van der Waals surface area contributed by atoms with Crippen LogP contribution in [0.4, 0.5) is 0 Å². The summed E-state index contributed by atoms with van der Waals surface area (Å²) in [5.41, 5.74) is 5.58. The Morgan fingerprint density at radius 2 is 2.00 bits per heavy atom. The van der Waals surface area contributed by atoms with Gasteiger partial charge in [0.05, 0.1) is 13.2 Å². The molecule has 3 heteroatoms. The number of aliphatic hydroxyl groups excluding tert-OH is 1. The topological polar surface area (TPSA) is 32.7 Å². The Labute approximate surface area is 125 Å². The average Bonchev–Trinajstić information content (AvgIpc) is 2.95. The van der Waals surface area contributed by atoms with E-state index in [2.05, 4.69) is 41.3 Å². The predicted octanol–water partition coefficient (Wildman–Crippen LogP) is 2.84. The molecule has 2 aromatic carbocycles. The van der Waals surface area contributed by atoms with Crippen molar-refractivity contribution in [3.05, 3.63) is 53.1 Å². The zero-order valence-corrected chi connectivity index (χ0v) is 12.6. The molecule has 0 saturated heterocycles. The molecule has 3 nitrogen and oxygen atoms in total. The Hall–Kier alpha value is -1.84. The van der Waals surface area contributed by atoms with E-state index in [0.29, 0.717) is 0 Å². The van der Waals surface area contributed by atoms with Crippen LogP contribution in [0.2, 0.25) is 0 Å². The minimum atomic E-state index is 0.0419. The van der Waals surface area contributed by atoms with Gasteiger partial charge in [0.15, 0.2) is 0 Å². The number of hydrogen-bond acceptors (Lipinski definition) is 3. The van der Waals surface area contributed by atoms with E-state index in [-0.39, 0.29) is 6.61 Å². The number of aliphatic hydroxyl groups is 1. The molecule has 1 aliphatic heterocycles. The number of benzene rings is 2. The first-order chi connectivity index (χ1) is 10.2. The molecule has 110 valence electrons. The fourth-order valence-electron chi connectivity index (χ4n) is 2.93. The monoisotopic (exact) mass is 283 g/mol. The van der Waals surface area contributed by atoms with Crippen LogP contribution in [0.5, 0.6) is 5.75 Å². The van der Waals surface area contributed by atoms with Crippen molar-refractivity contribution in [2.24, 2.45) is 0 Å². The average molecular weight is 283 g/mol. The maximum atomic E-state index is 9.73. The number of para-hydroxylation sites is 1. The third-order valence-electron chi connectivity index (χ3n) is 3.84. The molecule has 0 atom stereocenters. The third kappa shape index (κ3) is 2.80. The second-order valence-electron chi connectivity index (χ2n) is 5.78. The maximum absolute atomic E-state index is 9.73. The summed E-state index contributed by atoms with van der Waals surface area (Å²) in [6.45, 7) is 1.66. The van der Waals surface area contributed by atoms with E-state index < -0.39 is 0 Å². The van der Waals surface area contributed by atoms with Crippen LogP contribution < -0.4 is 4.74 Å². The summed E-state index contributed by atoms with van der Waals surface area (Å²) >= 11 is 0. The van der Waals surface area contributed by atoms with Gasteiger partial charge in [0.2, 0.25) is 0 Å². The van der Waals surface area contributed by atoms with Crippen LogP contribution >= 0.6 is 0 Å². The van der Waals surface area contributed by atoms with Crippen LogP contribution in [0.1, 0.15) is 16.7 Å². The summed E-state index contributed by atoms with van der Waals surface area (Å²) in [4.78, 5) is 2.12. The highest BCUT2D eigenvalue weighted by Gasteiger charge is 2.18. The largest absolute Gasteiger partial charge is 0.492 e. The van der Waals surface area contributed by atoms with E-state index in [1.54, 1.807) is 0 Å². The molecule has 0 aliphatic carbocycles. The highest BCUT2D eigenvalue weighted by Crippen LogP contribution is 2.38. The molecule has 0 aromatic heterocycles. The molecule has 0 unspecified atom stereocenters. The van der Waals surface area contributed by atoms with E-state index in [1.807, 2.05) is 14.1 Å². The van der Waals surface area contributed by atoms with Crippen LogP contribution in [0.3, 0.4) is 0 Å². The second kappa shape index (κ2) is 5.88. The molecule has 0 bridgehead atoms. The van der Waals surface area contributed by atoms with Crippen LogP contribution in [-0.4, -0.2) is 30.7 Å². The van der Waals surface area contributed by atoms with E-state index in [9.17, 15) is 5.11 Å². The summed E-state index contributed by atoms with van der Waals surface area (Å²) < 4.78 is 5.79. The molecular formula is C18H21NO2. The molecule has 1 heterocycles. The van der Waals surface area contributed by atoms with Crippen LogP contribution in [-0.2, 0) is 19.6 Å². The lowest BCUT2D eigenvalue weighted by Crippen LogP contribution is -2.11. The molecule has 0 saturated carbocycles. The van der Waals surface area contributed by atoms with Crippen molar-refractivity contribution >= 4 is 0 Å². The molecule has 1 N–H and O–H groups in total. The van der Waals surface area contributed by atoms with Gasteiger partial charge in [-0.25, -0.2) is 0 Å². The number of hydrogen-bond donors (Lipinski definition) is 1. The van der Waals surface area contributed by atoms with Crippen LogP contribution in [0.15, 0.2) is 36.4 Å². The van der Waals surface area contributed by atoms with Gasteiger partial charge in [0, 0.05) is 18.5 Å². The SMILES string of the molecule is CN(C)Cc1ccc(-c2cccc3c2OCC3)c(CO)c1. The summed E-state index contributed by atoms with van der Waals surface area (Å²) in [5, 5.41) is 9.73. The minimum absolute atomic E-state index is 0.0419. The first-order valence-corrected chi connectivity index (χ1v) is 7.31. The van der Waals surface area contributed by atoms with Gasteiger partial charge in [0.1, 0.15) is 5.75 Å². The van der Waals surface area contributed by atoms with E-state index in [0.717, 1.165) is 42.0 Å². The van der Waals surface area contributed by atoms with Crippen molar-refractivity contribution in [1.29, 1.82) is 0 Å². The molecule has 0 amide bonds. The summed E-state index contributed by atoms with van der Waals surface area (Å²) in [6.07, 6.45) is 0.969. The lowest BCUT2D eigenvalue weighted by molar-refractivity contribution is 0.282. The van der Waals surface area contributed by atoms with Crippen molar-refractivity contribution in [3.63, 3.8) is 0 Å². The predicted molar refractivity (Wildman–Crippen MR) is 84.4 cm³/mol. The van der Waals surface area contributed by atoms with Gasteiger partial charge in [-0.05, 0) is 36.3 Å². The van der Waals surface area contributed by atoms with Gasteiger partial charge >= 0.3 is 0 Å². The van der Waals surface area contributed by atoms with Crippen molar-refractivity contribution in [3.8, 4) is 16.9 Å². The molecule has 0 radical (unpaired) electrons. The third-order valence-corrected chi connectivity index (χ3v) is 3.84.